The summed E-state index contributed by atoms with van der Waals surface area (Å²) in [7, 11) is 0. The van der Waals surface area contributed by atoms with Crippen LogP contribution < -0.4 is 0 Å². The SMILES string of the molecule is CC(C)(C)c1ccc2c(C3c4ccccc4-c4ccccc43)c3cc(C(C)(C)C)ccc3cc2c1. The summed E-state index contributed by atoms with van der Waals surface area (Å²) in [4.78, 5) is 0. The second-order valence-corrected chi connectivity index (χ2v) is 12.3. The number of rotatable bonds is 1. The number of hydrogen-bond acceptors (Lipinski definition) is 0. The Morgan fingerprint density at radius 2 is 1.03 bits per heavy atom. The Morgan fingerprint density at radius 3 is 1.63 bits per heavy atom. The summed E-state index contributed by atoms with van der Waals surface area (Å²) >= 11 is 0. The molecular formula is C35H34. The summed E-state index contributed by atoms with van der Waals surface area (Å²) in [6, 6.07) is 34.7. The molecule has 174 valence electrons. The lowest BCUT2D eigenvalue weighted by atomic mass is 9.79. The standard InChI is InChI=1S/C35H34/c1-34(2,3)24-17-18-26-23(20-24)19-22-15-16-25(35(4,5)6)21-31(22)32(26)33-29-13-9-7-11-27(29)28-12-8-10-14-30(28)33/h7-21,33H,1-6H3. The predicted octanol–water partition coefficient (Wildman–Crippen LogP) is 9.75. The molecule has 0 saturated carbocycles. The summed E-state index contributed by atoms with van der Waals surface area (Å²) in [5.74, 6) is 0.226. The largest absolute Gasteiger partial charge is 0.0619 e. The van der Waals surface area contributed by atoms with E-state index in [1.807, 2.05) is 0 Å². The van der Waals surface area contributed by atoms with E-state index in [1.165, 1.54) is 60.5 Å². The Bertz CT molecular complexity index is 1560. The van der Waals surface area contributed by atoms with Crippen LogP contribution in [0.15, 0.2) is 91.0 Å². The molecular weight excluding hydrogens is 420 g/mol. The molecule has 0 aromatic heterocycles. The summed E-state index contributed by atoms with van der Waals surface area (Å²) in [5, 5.41) is 5.41. The van der Waals surface area contributed by atoms with Crippen LogP contribution in [0, 0.1) is 0 Å². The van der Waals surface area contributed by atoms with E-state index in [0.29, 0.717) is 0 Å². The van der Waals surface area contributed by atoms with E-state index in [2.05, 4.69) is 133 Å². The summed E-state index contributed by atoms with van der Waals surface area (Å²) in [5.41, 5.74) is 10.0. The fraction of sp³-hybridized carbons (Fsp3) is 0.257. The zero-order chi connectivity index (χ0) is 24.5. The molecule has 0 saturated heterocycles. The number of fused-ring (bicyclic) bond motifs is 5. The van der Waals surface area contributed by atoms with Gasteiger partial charge in [0.15, 0.2) is 0 Å². The molecule has 35 heavy (non-hydrogen) atoms. The lowest BCUT2D eigenvalue weighted by Gasteiger charge is -2.25. The Morgan fingerprint density at radius 1 is 0.486 bits per heavy atom. The lowest BCUT2D eigenvalue weighted by molar-refractivity contribution is 0.590. The minimum absolute atomic E-state index is 0.0992. The van der Waals surface area contributed by atoms with Crippen LogP contribution in [0.3, 0.4) is 0 Å². The molecule has 0 amide bonds. The third kappa shape index (κ3) is 3.50. The highest BCUT2D eigenvalue weighted by molar-refractivity contribution is 6.05. The highest BCUT2D eigenvalue weighted by Crippen LogP contribution is 2.51. The first kappa shape index (κ1) is 22.1. The van der Waals surface area contributed by atoms with Crippen molar-refractivity contribution in [3.05, 3.63) is 119 Å². The van der Waals surface area contributed by atoms with Gasteiger partial charge in [-0.1, -0.05) is 126 Å². The Balaban J connectivity index is 1.76. The average molecular weight is 455 g/mol. The topological polar surface area (TPSA) is 0 Å². The van der Waals surface area contributed by atoms with Crippen molar-refractivity contribution in [2.75, 3.05) is 0 Å². The first-order valence-corrected chi connectivity index (χ1v) is 12.8. The van der Waals surface area contributed by atoms with Crippen LogP contribution in [-0.2, 0) is 10.8 Å². The first-order chi connectivity index (χ1) is 16.6. The van der Waals surface area contributed by atoms with Crippen LogP contribution in [0.25, 0.3) is 32.7 Å². The Kier molecular flexibility index (Phi) is 4.77. The predicted molar refractivity (Wildman–Crippen MR) is 152 cm³/mol. The quantitative estimate of drug-likeness (QED) is 0.217. The first-order valence-electron chi connectivity index (χ1n) is 12.8. The molecule has 0 nitrogen and oxygen atoms in total. The molecule has 5 aromatic carbocycles. The van der Waals surface area contributed by atoms with Crippen LogP contribution in [0.2, 0.25) is 0 Å². The molecule has 0 radical (unpaired) electrons. The molecule has 0 atom stereocenters. The van der Waals surface area contributed by atoms with Gasteiger partial charge in [0.25, 0.3) is 0 Å². The summed E-state index contributed by atoms with van der Waals surface area (Å²) in [6.45, 7) is 13.8. The molecule has 1 aliphatic rings. The highest BCUT2D eigenvalue weighted by atomic mass is 14.3. The van der Waals surface area contributed by atoms with E-state index in [-0.39, 0.29) is 16.7 Å². The van der Waals surface area contributed by atoms with Crippen molar-refractivity contribution in [2.45, 2.75) is 58.3 Å². The van der Waals surface area contributed by atoms with E-state index < -0.39 is 0 Å². The van der Waals surface area contributed by atoms with Gasteiger partial charge >= 0.3 is 0 Å². The molecule has 5 aromatic rings. The van der Waals surface area contributed by atoms with E-state index in [1.54, 1.807) is 0 Å². The second-order valence-electron chi connectivity index (χ2n) is 12.3. The number of hydrogen-bond donors (Lipinski definition) is 0. The van der Waals surface area contributed by atoms with E-state index in [4.69, 9.17) is 0 Å². The van der Waals surface area contributed by atoms with Crippen LogP contribution >= 0.6 is 0 Å². The Labute approximate surface area is 209 Å². The smallest absolute Gasteiger partial charge is 0.0364 e. The van der Waals surface area contributed by atoms with Gasteiger partial charge in [-0.25, -0.2) is 0 Å². The van der Waals surface area contributed by atoms with Crippen molar-refractivity contribution >= 4 is 21.5 Å². The average Bonchev–Trinajstić information content (AvgIpc) is 3.15. The fourth-order valence-corrected chi connectivity index (χ4v) is 5.87. The maximum atomic E-state index is 2.46. The third-order valence-corrected chi connectivity index (χ3v) is 7.85. The second kappa shape index (κ2) is 7.56. The van der Waals surface area contributed by atoms with E-state index in [0.717, 1.165) is 0 Å². The molecule has 0 heterocycles. The van der Waals surface area contributed by atoms with Gasteiger partial charge in [-0.3, -0.25) is 0 Å². The monoisotopic (exact) mass is 454 g/mol. The van der Waals surface area contributed by atoms with Gasteiger partial charge in [0.05, 0.1) is 0 Å². The molecule has 0 unspecified atom stereocenters. The lowest BCUT2D eigenvalue weighted by Crippen LogP contribution is -2.12. The molecule has 0 bridgehead atoms. The fourth-order valence-electron chi connectivity index (χ4n) is 5.87. The van der Waals surface area contributed by atoms with Gasteiger partial charge in [-0.15, -0.1) is 0 Å². The van der Waals surface area contributed by atoms with Gasteiger partial charge in [0, 0.05) is 5.92 Å². The van der Waals surface area contributed by atoms with Gasteiger partial charge in [-0.05, 0) is 77.4 Å². The van der Waals surface area contributed by atoms with Gasteiger partial charge in [0.1, 0.15) is 0 Å². The zero-order valence-electron chi connectivity index (χ0n) is 21.7. The molecule has 6 rings (SSSR count). The van der Waals surface area contributed by atoms with Crippen LogP contribution in [0.5, 0.6) is 0 Å². The van der Waals surface area contributed by atoms with Crippen molar-refractivity contribution < 1.29 is 0 Å². The molecule has 0 N–H and O–H groups in total. The van der Waals surface area contributed by atoms with Crippen molar-refractivity contribution in [2.24, 2.45) is 0 Å². The van der Waals surface area contributed by atoms with Gasteiger partial charge in [-0.2, -0.15) is 0 Å². The minimum Gasteiger partial charge on any atom is -0.0619 e. The van der Waals surface area contributed by atoms with Gasteiger partial charge < -0.3 is 0 Å². The molecule has 0 heteroatoms. The van der Waals surface area contributed by atoms with Crippen molar-refractivity contribution in [1.29, 1.82) is 0 Å². The minimum atomic E-state index is 0.0992. The van der Waals surface area contributed by atoms with Crippen LogP contribution in [-0.4, -0.2) is 0 Å². The van der Waals surface area contributed by atoms with Crippen molar-refractivity contribution in [3.63, 3.8) is 0 Å². The maximum Gasteiger partial charge on any atom is 0.0364 e. The van der Waals surface area contributed by atoms with Crippen molar-refractivity contribution in [1.82, 2.24) is 0 Å². The molecule has 0 spiro atoms. The third-order valence-electron chi connectivity index (χ3n) is 7.85. The Hall–Kier alpha value is -3.38. The molecule has 1 aliphatic carbocycles. The molecule has 0 fully saturated rings. The van der Waals surface area contributed by atoms with Crippen LogP contribution in [0.1, 0.15) is 75.3 Å². The summed E-state index contributed by atoms with van der Waals surface area (Å²) < 4.78 is 0. The highest BCUT2D eigenvalue weighted by Gasteiger charge is 2.32. The van der Waals surface area contributed by atoms with Crippen molar-refractivity contribution in [3.8, 4) is 11.1 Å². The number of benzene rings is 5. The zero-order valence-corrected chi connectivity index (χ0v) is 21.7. The summed E-state index contributed by atoms with van der Waals surface area (Å²) in [6.07, 6.45) is 0. The van der Waals surface area contributed by atoms with E-state index >= 15 is 0 Å². The maximum absolute atomic E-state index is 2.46. The molecule has 0 aliphatic heterocycles. The van der Waals surface area contributed by atoms with Gasteiger partial charge in [0.2, 0.25) is 0 Å². The normalized spacial score (nSPS) is 13.9. The van der Waals surface area contributed by atoms with Crippen LogP contribution in [0.4, 0.5) is 0 Å². The van der Waals surface area contributed by atoms with E-state index in [9.17, 15) is 0 Å².